The fourth-order valence-corrected chi connectivity index (χ4v) is 3.51. The standard InChI is InChI=1S/C21H18ClN3O3/c1-2-28-21(27)16-12-25(20(26)13-7-8-18(22)23-11-13)10-9-15-14-5-3-4-6-17(14)24-19(15)16/h3-8,11-12,24H,2,9-10H2,1H3. The summed E-state index contributed by atoms with van der Waals surface area (Å²) in [6.07, 6.45) is 3.60. The molecule has 1 aliphatic rings. The van der Waals surface area contributed by atoms with Crippen LogP contribution in [-0.2, 0) is 16.0 Å². The van der Waals surface area contributed by atoms with E-state index in [-0.39, 0.29) is 12.5 Å². The van der Waals surface area contributed by atoms with Crippen molar-refractivity contribution >= 4 is 40.0 Å². The Morgan fingerprint density at radius 3 is 2.82 bits per heavy atom. The number of para-hydroxylation sites is 1. The molecule has 0 unspecified atom stereocenters. The molecule has 1 aromatic carbocycles. The maximum absolute atomic E-state index is 13.0. The number of fused-ring (bicyclic) bond motifs is 3. The molecule has 4 rings (SSSR count). The van der Waals surface area contributed by atoms with Crippen molar-refractivity contribution in [2.24, 2.45) is 0 Å². The molecule has 2 aromatic heterocycles. The molecule has 0 spiro atoms. The van der Waals surface area contributed by atoms with Crippen molar-refractivity contribution in [1.29, 1.82) is 0 Å². The van der Waals surface area contributed by atoms with Crippen LogP contribution in [0.15, 0.2) is 48.8 Å². The highest BCUT2D eigenvalue weighted by atomic mass is 35.5. The Morgan fingerprint density at radius 1 is 1.25 bits per heavy atom. The van der Waals surface area contributed by atoms with Gasteiger partial charge in [0.05, 0.1) is 23.4 Å². The van der Waals surface area contributed by atoms with Crippen molar-refractivity contribution in [3.05, 3.63) is 70.8 Å². The molecule has 3 aromatic rings. The van der Waals surface area contributed by atoms with E-state index in [0.29, 0.717) is 34.9 Å². The molecule has 0 saturated heterocycles. The first-order chi connectivity index (χ1) is 13.6. The molecule has 3 heterocycles. The molecule has 6 nitrogen and oxygen atoms in total. The molecule has 1 amide bonds. The van der Waals surface area contributed by atoms with Gasteiger partial charge in [-0.15, -0.1) is 0 Å². The summed E-state index contributed by atoms with van der Waals surface area (Å²) in [5, 5.41) is 1.35. The Balaban J connectivity index is 1.79. The van der Waals surface area contributed by atoms with E-state index in [1.807, 2.05) is 24.3 Å². The Hall–Kier alpha value is -3.12. The number of rotatable bonds is 3. The lowest BCUT2D eigenvalue weighted by Gasteiger charge is -2.17. The molecule has 0 bridgehead atoms. The molecular formula is C21H18ClN3O3. The third-order valence-corrected chi connectivity index (χ3v) is 4.92. The van der Waals surface area contributed by atoms with Crippen LogP contribution in [-0.4, -0.2) is 39.9 Å². The number of hydrogen-bond donors (Lipinski definition) is 1. The number of ether oxygens (including phenoxy) is 1. The van der Waals surface area contributed by atoms with Gasteiger partial charge in [-0.25, -0.2) is 9.78 Å². The van der Waals surface area contributed by atoms with Crippen LogP contribution in [0.5, 0.6) is 0 Å². The van der Waals surface area contributed by atoms with E-state index in [0.717, 1.165) is 16.5 Å². The molecule has 0 radical (unpaired) electrons. The molecule has 0 saturated carbocycles. The third-order valence-electron chi connectivity index (χ3n) is 4.70. The SMILES string of the molecule is CCOC(=O)C1=CN(C(=O)c2ccc(Cl)nc2)CCc2c1[nH]c1ccccc21. The van der Waals surface area contributed by atoms with Crippen LogP contribution >= 0.6 is 11.6 Å². The molecule has 1 N–H and O–H groups in total. The van der Waals surface area contributed by atoms with E-state index in [9.17, 15) is 9.59 Å². The monoisotopic (exact) mass is 395 g/mol. The Kier molecular flexibility index (Phi) is 4.88. The van der Waals surface area contributed by atoms with E-state index in [1.54, 1.807) is 25.3 Å². The lowest BCUT2D eigenvalue weighted by molar-refractivity contribution is -0.136. The summed E-state index contributed by atoms with van der Waals surface area (Å²) in [6.45, 7) is 2.43. The highest BCUT2D eigenvalue weighted by Crippen LogP contribution is 2.31. The first kappa shape index (κ1) is 18.3. The van der Waals surface area contributed by atoms with Gasteiger partial charge in [0.25, 0.3) is 5.91 Å². The number of amides is 1. The smallest absolute Gasteiger partial charge is 0.341 e. The minimum Gasteiger partial charge on any atom is -0.462 e. The number of nitrogens with one attached hydrogen (secondary N) is 1. The Bertz CT molecular complexity index is 1090. The summed E-state index contributed by atoms with van der Waals surface area (Å²) >= 11 is 5.82. The molecule has 142 valence electrons. The van der Waals surface area contributed by atoms with Crippen molar-refractivity contribution in [2.75, 3.05) is 13.2 Å². The van der Waals surface area contributed by atoms with Crippen molar-refractivity contribution in [3.8, 4) is 0 Å². The number of carbonyl (C=O) groups excluding carboxylic acids is 2. The molecule has 1 aliphatic heterocycles. The van der Waals surface area contributed by atoms with Crippen LogP contribution in [0.4, 0.5) is 0 Å². The van der Waals surface area contributed by atoms with E-state index >= 15 is 0 Å². The second kappa shape index (κ2) is 7.48. The summed E-state index contributed by atoms with van der Waals surface area (Å²) in [6, 6.07) is 11.1. The predicted octanol–water partition coefficient (Wildman–Crippen LogP) is 3.82. The summed E-state index contributed by atoms with van der Waals surface area (Å²) in [5.41, 5.74) is 3.38. The van der Waals surface area contributed by atoms with Crippen LogP contribution in [0.25, 0.3) is 16.5 Å². The minimum absolute atomic E-state index is 0.250. The second-order valence-corrected chi connectivity index (χ2v) is 6.79. The van der Waals surface area contributed by atoms with Gasteiger partial charge >= 0.3 is 5.97 Å². The maximum Gasteiger partial charge on any atom is 0.341 e. The van der Waals surface area contributed by atoms with E-state index in [2.05, 4.69) is 9.97 Å². The van der Waals surface area contributed by atoms with Gasteiger partial charge in [0.15, 0.2) is 0 Å². The van der Waals surface area contributed by atoms with Crippen molar-refractivity contribution < 1.29 is 14.3 Å². The highest BCUT2D eigenvalue weighted by molar-refractivity contribution is 6.29. The molecule has 0 aliphatic carbocycles. The fraction of sp³-hybridized carbons (Fsp3) is 0.190. The van der Waals surface area contributed by atoms with Gasteiger partial charge in [0.1, 0.15) is 5.15 Å². The number of pyridine rings is 1. The van der Waals surface area contributed by atoms with Crippen molar-refractivity contribution in [1.82, 2.24) is 14.9 Å². The Labute approximate surface area is 166 Å². The lowest BCUT2D eigenvalue weighted by Crippen LogP contribution is -2.28. The molecule has 28 heavy (non-hydrogen) atoms. The van der Waals surface area contributed by atoms with Gasteiger partial charge < -0.3 is 14.6 Å². The number of esters is 1. The number of halogens is 1. The number of H-pyrrole nitrogens is 1. The molecule has 7 heteroatoms. The van der Waals surface area contributed by atoms with Crippen LogP contribution in [0, 0.1) is 0 Å². The third kappa shape index (κ3) is 3.27. The zero-order valence-electron chi connectivity index (χ0n) is 15.2. The number of nitrogens with zero attached hydrogens (tertiary/aromatic N) is 2. The summed E-state index contributed by atoms with van der Waals surface area (Å²) in [7, 11) is 0. The summed E-state index contributed by atoms with van der Waals surface area (Å²) in [5.74, 6) is -0.718. The lowest BCUT2D eigenvalue weighted by atomic mass is 10.0. The van der Waals surface area contributed by atoms with Crippen LogP contribution in [0.3, 0.4) is 0 Å². The van der Waals surface area contributed by atoms with Gasteiger partial charge in [0.2, 0.25) is 0 Å². The van der Waals surface area contributed by atoms with Gasteiger partial charge in [0, 0.05) is 29.8 Å². The number of aromatic amines is 1. The first-order valence-electron chi connectivity index (χ1n) is 9.00. The van der Waals surface area contributed by atoms with Crippen LogP contribution in [0.2, 0.25) is 5.15 Å². The topological polar surface area (TPSA) is 75.3 Å². The van der Waals surface area contributed by atoms with Gasteiger partial charge in [-0.2, -0.15) is 0 Å². The summed E-state index contributed by atoms with van der Waals surface area (Å²) < 4.78 is 5.24. The predicted molar refractivity (Wildman–Crippen MR) is 107 cm³/mol. The number of hydrogen-bond acceptors (Lipinski definition) is 4. The Morgan fingerprint density at radius 2 is 2.07 bits per heavy atom. The second-order valence-electron chi connectivity index (χ2n) is 6.41. The number of carbonyl (C=O) groups is 2. The van der Waals surface area contributed by atoms with E-state index < -0.39 is 5.97 Å². The quantitative estimate of drug-likeness (QED) is 0.540. The van der Waals surface area contributed by atoms with Crippen LogP contribution < -0.4 is 0 Å². The average molecular weight is 396 g/mol. The zero-order valence-corrected chi connectivity index (χ0v) is 16.0. The fourth-order valence-electron chi connectivity index (χ4n) is 3.40. The van der Waals surface area contributed by atoms with Gasteiger partial charge in [-0.05, 0) is 37.1 Å². The first-order valence-corrected chi connectivity index (χ1v) is 9.37. The maximum atomic E-state index is 13.0. The molecular weight excluding hydrogens is 378 g/mol. The normalized spacial score (nSPS) is 13.6. The van der Waals surface area contributed by atoms with E-state index in [1.165, 1.54) is 11.1 Å². The van der Waals surface area contributed by atoms with Crippen LogP contribution in [0.1, 0.15) is 28.5 Å². The van der Waals surface area contributed by atoms with Gasteiger partial charge in [-0.3, -0.25) is 4.79 Å². The zero-order chi connectivity index (χ0) is 19.7. The van der Waals surface area contributed by atoms with E-state index in [4.69, 9.17) is 16.3 Å². The van der Waals surface area contributed by atoms with Gasteiger partial charge in [-0.1, -0.05) is 29.8 Å². The van der Waals surface area contributed by atoms with Crippen molar-refractivity contribution in [2.45, 2.75) is 13.3 Å². The highest BCUT2D eigenvalue weighted by Gasteiger charge is 2.27. The summed E-state index contributed by atoms with van der Waals surface area (Å²) in [4.78, 5) is 34.4. The largest absolute Gasteiger partial charge is 0.462 e. The average Bonchev–Trinajstić information content (AvgIpc) is 2.96. The molecule has 0 fully saturated rings. The van der Waals surface area contributed by atoms with Crippen molar-refractivity contribution in [3.63, 3.8) is 0 Å². The minimum atomic E-state index is -0.468. The molecule has 0 atom stereocenters. The number of aromatic nitrogens is 2. The number of benzene rings is 1.